The molecule has 0 radical (unpaired) electrons. The second-order valence-corrected chi connectivity index (χ2v) is 12.9. The topological polar surface area (TPSA) is 6.48 Å². The third kappa shape index (κ3) is 12.8. The van der Waals surface area contributed by atoms with Crippen LogP contribution in [0, 0.1) is 17.3 Å². The van der Waals surface area contributed by atoms with Gasteiger partial charge in [-0.05, 0) is 75.4 Å². The van der Waals surface area contributed by atoms with Gasteiger partial charge in [0.25, 0.3) is 0 Å². The molecule has 2 aliphatic heterocycles. The lowest BCUT2D eigenvalue weighted by atomic mass is 9.71. The van der Waals surface area contributed by atoms with Crippen molar-refractivity contribution in [1.29, 1.82) is 0 Å². The van der Waals surface area contributed by atoms with Crippen LogP contribution >= 0.6 is 0 Å². The van der Waals surface area contributed by atoms with E-state index in [0.717, 1.165) is 11.8 Å². The van der Waals surface area contributed by atoms with Gasteiger partial charge in [-0.2, -0.15) is 0 Å². The van der Waals surface area contributed by atoms with Gasteiger partial charge in [0.2, 0.25) is 0 Å². The Morgan fingerprint density at radius 2 is 1.00 bits per heavy atom. The summed E-state index contributed by atoms with van der Waals surface area (Å²) < 4.78 is 0. The molecule has 2 nitrogen and oxygen atoms in total. The summed E-state index contributed by atoms with van der Waals surface area (Å²) in [5, 5.41) is 0. The summed E-state index contributed by atoms with van der Waals surface area (Å²) in [5.74, 6) is 1.97. The Morgan fingerprint density at radius 1 is 0.514 bits per heavy atom. The van der Waals surface area contributed by atoms with Crippen molar-refractivity contribution in [3.05, 3.63) is 0 Å². The molecule has 0 bridgehead atoms. The predicted octanol–water partition coefficient (Wildman–Crippen LogP) is 9.72. The van der Waals surface area contributed by atoms with Gasteiger partial charge < -0.3 is 9.80 Å². The molecule has 35 heavy (non-hydrogen) atoms. The molecule has 2 unspecified atom stereocenters. The normalized spacial score (nSPS) is 20.2. The van der Waals surface area contributed by atoms with Crippen molar-refractivity contribution in [2.75, 3.05) is 39.3 Å². The molecule has 2 saturated heterocycles. The number of piperidine rings is 1. The van der Waals surface area contributed by atoms with E-state index in [-0.39, 0.29) is 0 Å². The molecule has 0 saturated carbocycles. The summed E-state index contributed by atoms with van der Waals surface area (Å²) in [5.41, 5.74) is 0.693. The van der Waals surface area contributed by atoms with Crippen molar-refractivity contribution >= 4 is 0 Å². The van der Waals surface area contributed by atoms with Gasteiger partial charge in [0.1, 0.15) is 0 Å². The van der Waals surface area contributed by atoms with E-state index in [9.17, 15) is 0 Å². The molecule has 2 atom stereocenters. The first kappa shape index (κ1) is 31.1. The summed E-state index contributed by atoms with van der Waals surface area (Å²) in [6.07, 6.45) is 28.9. The minimum atomic E-state index is 0.693. The Labute approximate surface area is 222 Å². The van der Waals surface area contributed by atoms with Gasteiger partial charge >= 0.3 is 0 Å². The Morgan fingerprint density at radius 3 is 1.60 bits per heavy atom. The first-order valence-corrected chi connectivity index (χ1v) is 16.6. The van der Waals surface area contributed by atoms with E-state index in [0.29, 0.717) is 5.41 Å². The summed E-state index contributed by atoms with van der Waals surface area (Å²) in [6, 6.07) is 0. The van der Waals surface area contributed by atoms with Gasteiger partial charge in [0.15, 0.2) is 0 Å². The molecule has 2 rings (SSSR count). The van der Waals surface area contributed by atoms with E-state index in [1.165, 1.54) is 168 Å². The second kappa shape index (κ2) is 19.1. The van der Waals surface area contributed by atoms with Crippen molar-refractivity contribution in [2.45, 2.75) is 156 Å². The van der Waals surface area contributed by atoms with E-state index in [4.69, 9.17) is 0 Å². The molecule has 208 valence electrons. The average molecular weight is 491 g/mol. The maximum Gasteiger partial charge on any atom is 0.00514 e. The summed E-state index contributed by atoms with van der Waals surface area (Å²) in [7, 11) is 0. The molecule has 2 aliphatic rings. The number of hydrogen-bond donors (Lipinski definition) is 0. The lowest BCUT2D eigenvalue weighted by molar-refractivity contribution is -0.0496. The smallest absolute Gasteiger partial charge is 0.00514 e. The first-order chi connectivity index (χ1) is 17.1. The van der Waals surface area contributed by atoms with Crippen molar-refractivity contribution < 1.29 is 0 Å². The van der Waals surface area contributed by atoms with Gasteiger partial charge in [-0.1, -0.05) is 118 Å². The number of nitrogens with zero attached hydrogens (tertiary/aromatic N) is 2. The average Bonchev–Trinajstić information content (AvgIpc) is 2.84. The Kier molecular flexibility index (Phi) is 17.0. The van der Waals surface area contributed by atoms with Crippen molar-refractivity contribution in [1.82, 2.24) is 9.80 Å². The molecule has 0 aromatic heterocycles. The summed E-state index contributed by atoms with van der Waals surface area (Å²) in [6.45, 7) is 17.7. The molecule has 2 heteroatoms. The Bertz CT molecular complexity index is 473. The largest absolute Gasteiger partial charge is 0.303 e. The van der Waals surface area contributed by atoms with Gasteiger partial charge in [-0.15, -0.1) is 0 Å². The van der Waals surface area contributed by atoms with Crippen molar-refractivity contribution in [3.63, 3.8) is 0 Å². The van der Waals surface area contributed by atoms with Crippen LogP contribution in [0.1, 0.15) is 156 Å². The van der Waals surface area contributed by atoms with Crippen LogP contribution in [-0.4, -0.2) is 49.1 Å². The van der Waals surface area contributed by atoms with Gasteiger partial charge in [0.05, 0.1) is 0 Å². The van der Waals surface area contributed by atoms with E-state index >= 15 is 0 Å². The monoisotopic (exact) mass is 491 g/mol. The van der Waals surface area contributed by atoms with E-state index in [1.807, 2.05) is 0 Å². The molecule has 2 fully saturated rings. The van der Waals surface area contributed by atoms with Crippen LogP contribution in [0.5, 0.6) is 0 Å². The second-order valence-electron chi connectivity index (χ2n) is 12.9. The van der Waals surface area contributed by atoms with Crippen LogP contribution in [0.3, 0.4) is 0 Å². The van der Waals surface area contributed by atoms with Gasteiger partial charge in [-0.25, -0.2) is 0 Å². The van der Waals surface area contributed by atoms with Crippen molar-refractivity contribution in [2.24, 2.45) is 17.3 Å². The fraction of sp³-hybridized carbons (Fsp3) is 1.00. The molecule has 0 aromatic carbocycles. The number of rotatable bonds is 22. The molecule has 0 aliphatic carbocycles. The summed E-state index contributed by atoms with van der Waals surface area (Å²) in [4.78, 5) is 5.67. The van der Waals surface area contributed by atoms with Gasteiger partial charge in [0, 0.05) is 19.6 Å². The molecular weight excluding hydrogens is 424 g/mol. The minimum Gasteiger partial charge on any atom is -0.303 e. The van der Waals surface area contributed by atoms with E-state index < -0.39 is 0 Å². The number of hydrogen-bond acceptors (Lipinski definition) is 2. The molecule has 0 N–H and O–H groups in total. The highest BCUT2D eigenvalue weighted by Gasteiger charge is 2.44. The molecule has 0 aromatic rings. The highest BCUT2D eigenvalue weighted by Crippen LogP contribution is 2.41. The van der Waals surface area contributed by atoms with Crippen LogP contribution in [0.25, 0.3) is 0 Å². The molecule has 2 heterocycles. The number of likely N-dealkylation sites (tertiary alicyclic amines) is 2. The maximum absolute atomic E-state index is 2.86. The third-order valence-electron chi connectivity index (χ3n) is 9.50. The highest BCUT2D eigenvalue weighted by atomic mass is 15.2. The lowest BCUT2D eigenvalue weighted by Crippen LogP contribution is -2.60. The zero-order valence-electron chi connectivity index (χ0n) is 24.9. The molecular formula is C33H66N2. The van der Waals surface area contributed by atoms with Crippen LogP contribution in [-0.2, 0) is 0 Å². The zero-order valence-corrected chi connectivity index (χ0v) is 24.9. The fourth-order valence-electron chi connectivity index (χ4n) is 7.03. The lowest BCUT2D eigenvalue weighted by Gasteiger charge is -2.54. The highest BCUT2D eigenvalue weighted by molar-refractivity contribution is 4.98. The SMILES string of the molecule is CCCCCCC(CCCCC)CN1CCC2(CC1)CN(CCCC(CCCC)CCCCC)C2. The van der Waals surface area contributed by atoms with Crippen LogP contribution < -0.4 is 0 Å². The third-order valence-corrected chi connectivity index (χ3v) is 9.50. The van der Waals surface area contributed by atoms with Crippen LogP contribution in [0.15, 0.2) is 0 Å². The molecule has 1 spiro atoms. The van der Waals surface area contributed by atoms with E-state index in [2.05, 4.69) is 37.5 Å². The predicted molar refractivity (Wildman–Crippen MR) is 157 cm³/mol. The quantitative estimate of drug-likeness (QED) is 0.139. The Hall–Kier alpha value is -0.0800. The summed E-state index contributed by atoms with van der Waals surface area (Å²) >= 11 is 0. The van der Waals surface area contributed by atoms with Crippen LogP contribution in [0.4, 0.5) is 0 Å². The minimum absolute atomic E-state index is 0.693. The fourth-order valence-corrected chi connectivity index (χ4v) is 7.03. The standard InChI is InChI=1S/C33H66N2/c1-5-9-13-16-21-32(20-15-11-7-3)28-34-26-23-33(24-27-34)29-35(30-33)25-17-22-31(18-12-8-4)19-14-10-6-2/h31-32H,5-30H2,1-4H3. The Balaban J connectivity index is 1.63. The van der Waals surface area contributed by atoms with Crippen LogP contribution in [0.2, 0.25) is 0 Å². The van der Waals surface area contributed by atoms with Crippen molar-refractivity contribution in [3.8, 4) is 0 Å². The maximum atomic E-state index is 2.86. The first-order valence-electron chi connectivity index (χ1n) is 16.6. The number of unbranched alkanes of at least 4 members (excludes halogenated alkanes) is 8. The molecule has 0 amide bonds. The van der Waals surface area contributed by atoms with E-state index in [1.54, 1.807) is 0 Å². The zero-order chi connectivity index (χ0) is 25.2. The van der Waals surface area contributed by atoms with Gasteiger partial charge in [-0.3, -0.25) is 0 Å².